The van der Waals surface area contributed by atoms with E-state index in [1.807, 2.05) is 0 Å². The molecule has 1 aliphatic heterocycles. The second-order valence-corrected chi connectivity index (χ2v) is 4.98. The fourth-order valence-corrected chi connectivity index (χ4v) is 2.50. The monoisotopic (exact) mass is 260 g/mol. The van der Waals surface area contributed by atoms with Gasteiger partial charge < -0.3 is 10.6 Å². The van der Waals surface area contributed by atoms with E-state index >= 15 is 0 Å². The summed E-state index contributed by atoms with van der Waals surface area (Å²) in [6.45, 7) is 0.517. The van der Waals surface area contributed by atoms with E-state index < -0.39 is 11.9 Å². The lowest BCUT2D eigenvalue weighted by Gasteiger charge is -2.20. The molecule has 2 heterocycles. The summed E-state index contributed by atoms with van der Waals surface area (Å²) in [5, 5.41) is 7.39. The van der Waals surface area contributed by atoms with Crippen molar-refractivity contribution in [3.63, 3.8) is 0 Å². The third-order valence-electron chi connectivity index (χ3n) is 2.43. The molecule has 2 rings (SSSR count). The first-order valence-corrected chi connectivity index (χ1v) is 5.88. The summed E-state index contributed by atoms with van der Waals surface area (Å²) in [6, 6.07) is -0.532. The van der Waals surface area contributed by atoms with E-state index in [1.165, 1.54) is 4.90 Å². The highest BCUT2D eigenvalue weighted by molar-refractivity contribution is 7.17. The van der Waals surface area contributed by atoms with Gasteiger partial charge in [0.1, 0.15) is 6.04 Å². The van der Waals surface area contributed by atoms with Crippen LogP contribution in [0.4, 0.5) is 0 Å². The lowest BCUT2D eigenvalue weighted by Crippen LogP contribution is -2.43. The molecule has 1 atom stereocenters. The molecule has 1 aromatic heterocycles. The maximum Gasteiger partial charge on any atom is 0.285 e. The molecule has 1 saturated heterocycles. The van der Waals surface area contributed by atoms with Gasteiger partial charge in [-0.05, 0) is 24.4 Å². The highest BCUT2D eigenvalue weighted by atomic mass is 35.5. The third kappa shape index (κ3) is 2.00. The summed E-state index contributed by atoms with van der Waals surface area (Å²) >= 11 is 6.59. The van der Waals surface area contributed by atoms with Crippen molar-refractivity contribution in [2.45, 2.75) is 18.9 Å². The Kier molecular flexibility index (Phi) is 3.06. The molecule has 0 aliphatic carbocycles. The fourth-order valence-electron chi connectivity index (χ4n) is 1.72. The van der Waals surface area contributed by atoms with Crippen LogP contribution in [-0.4, -0.2) is 39.5 Å². The van der Waals surface area contributed by atoms with Crippen LogP contribution in [0.3, 0.4) is 0 Å². The second-order valence-electron chi connectivity index (χ2n) is 3.42. The standard InChI is InChI=1S/C8H9ClN4O2S/c9-8-12-11-6(16-8)7(15)13-3-1-2-4(13)5(10)14/h4H,1-3H2,(H2,10,14). The van der Waals surface area contributed by atoms with Crippen LogP contribution in [0.5, 0.6) is 0 Å². The van der Waals surface area contributed by atoms with E-state index in [-0.39, 0.29) is 15.4 Å². The van der Waals surface area contributed by atoms with Crippen LogP contribution >= 0.6 is 22.9 Å². The van der Waals surface area contributed by atoms with Crippen LogP contribution in [0.2, 0.25) is 4.47 Å². The Hall–Kier alpha value is -1.21. The second kappa shape index (κ2) is 4.34. The van der Waals surface area contributed by atoms with Crippen LogP contribution in [0.1, 0.15) is 22.6 Å². The maximum absolute atomic E-state index is 11.9. The molecule has 6 nitrogen and oxygen atoms in total. The highest BCUT2D eigenvalue weighted by Crippen LogP contribution is 2.22. The van der Waals surface area contributed by atoms with Gasteiger partial charge in [-0.1, -0.05) is 11.3 Å². The Balaban J connectivity index is 2.18. The topological polar surface area (TPSA) is 89.2 Å². The number of hydrogen-bond acceptors (Lipinski definition) is 5. The fraction of sp³-hybridized carbons (Fsp3) is 0.500. The summed E-state index contributed by atoms with van der Waals surface area (Å²) < 4.78 is 0.207. The Morgan fingerprint density at radius 1 is 1.50 bits per heavy atom. The minimum absolute atomic E-state index is 0.193. The number of hydrogen-bond donors (Lipinski definition) is 1. The van der Waals surface area contributed by atoms with E-state index in [0.717, 1.165) is 17.8 Å². The Morgan fingerprint density at radius 3 is 2.81 bits per heavy atom. The largest absolute Gasteiger partial charge is 0.368 e. The molecule has 0 spiro atoms. The molecule has 0 bridgehead atoms. The van der Waals surface area contributed by atoms with Gasteiger partial charge in [-0.15, -0.1) is 10.2 Å². The summed E-state index contributed by atoms with van der Waals surface area (Å²) in [7, 11) is 0. The summed E-state index contributed by atoms with van der Waals surface area (Å²) in [5.41, 5.74) is 5.22. The first-order chi connectivity index (χ1) is 7.59. The van der Waals surface area contributed by atoms with Gasteiger partial charge in [0.05, 0.1) is 0 Å². The minimum Gasteiger partial charge on any atom is -0.368 e. The molecule has 86 valence electrons. The molecule has 1 aromatic rings. The van der Waals surface area contributed by atoms with E-state index in [1.54, 1.807) is 0 Å². The van der Waals surface area contributed by atoms with E-state index in [0.29, 0.717) is 13.0 Å². The molecule has 1 aliphatic rings. The van der Waals surface area contributed by atoms with Crippen molar-refractivity contribution in [3.8, 4) is 0 Å². The normalized spacial score (nSPS) is 20.1. The molecule has 1 unspecified atom stereocenters. The molecule has 0 radical (unpaired) electrons. The van der Waals surface area contributed by atoms with Gasteiger partial charge in [-0.25, -0.2) is 0 Å². The molecule has 16 heavy (non-hydrogen) atoms. The number of nitrogens with zero attached hydrogens (tertiary/aromatic N) is 3. The van der Waals surface area contributed by atoms with E-state index in [9.17, 15) is 9.59 Å². The van der Waals surface area contributed by atoms with Crippen molar-refractivity contribution in [1.29, 1.82) is 0 Å². The first-order valence-electron chi connectivity index (χ1n) is 4.69. The quantitative estimate of drug-likeness (QED) is 0.827. The summed E-state index contributed by atoms with van der Waals surface area (Å²) in [5.74, 6) is -0.813. The van der Waals surface area contributed by atoms with Gasteiger partial charge in [0.15, 0.2) is 0 Å². The zero-order valence-electron chi connectivity index (χ0n) is 8.22. The number of nitrogens with two attached hydrogens (primary N) is 1. The van der Waals surface area contributed by atoms with Crippen molar-refractivity contribution in [1.82, 2.24) is 15.1 Å². The lowest BCUT2D eigenvalue weighted by atomic mass is 10.2. The average molecular weight is 261 g/mol. The van der Waals surface area contributed by atoms with Gasteiger partial charge in [-0.2, -0.15) is 0 Å². The van der Waals surface area contributed by atoms with Crippen LogP contribution in [0.15, 0.2) is 0 Å². The zero-order valence-corrected chi connectivity index (χ0v) is 9.79. The third-order valence-corrected chi connectivity index (χ3v) is 3.43. The van der Waals surface area contributed by atoms with Crippen LogP contribution < -0.4 is 5.73 Å². The Bertz CT molecular complexity index is 435. The first kappa shape index (κ1) is 11.3. The van der Waals surface area contributed by atoms with E-state index in [2.05, 4.69) is 10.2 Å². The van der Waals surface area contributed by atoms with Gasteiger partial charge in [0.2, 0.25) is 15.4 Å². The summed E-state index contributed by atoms with van der Waals surface area (Å²) in [6.07, 6.45) is 1.37. The van der Waals surface area contributed by atoms with Crippen LogP contribution in [-0.2, 0) is 4.79 Å². The summed E-state index contributed by atoms with van der Waals surface area (Å²) in [4.78, 5) is 24.5. The average Bonchev–Trinajstić information content (AvgIpc) is 2.84. The maximum atomic E-state index is 11.9. The number of likely N-dealkylation sites (tertiary alicyclic amines) is 1. The molecule has 0 aromatic carbocycles. The van der Waals surface area contributed by atoms with Gasteiger partial charge in [0, 0.05) is 6.54 Å². The van der Waals surface area contributed by atoms with Crippen molar-refractivity contribution >= 4 is 34.8 Å². The Labute approximate surface area is 100 Å². The number of rotatable bonds is 2. The van der Waals surface area contributed by atoms with Crippen molar-refractivity contribution < 1.29 is 9.59 Å². The number of primary amides is 1. The molecule has 2 N–H and O–H groups in total. The van der Waals surface area contributed by atoms with Gasteiger partial charge >= 0.3 is 0 Å². The van der Waals surface area contributed by atoms with Gasteiger partial charge in [0.25, 0.3) is 5.91 Å². The predicted molar refractivity (Wildman–Crippen MR) is 58.2 cm³/mol. The Morgan fingerprint density at radius 2 is 2.25 bits per heavy atom. The smallest absolute Gasteiger partial charge is 0.285 e. The molecular weight excluding hydrogens is 252 g/mol. The molecule has 1 fully saturated rings. The van der Waals surface area contributed by atoms with Gasteiger partial charge in [-0.3, -0.25) is 9.59 Å². The van der Waals surface area contributed by atoms with Crippen molar-refractivity contribution in [2.75, 3.05) is 6.54 Å². The van der Waals surface area contributed by atoms with Crippen molar-refractivity contribution in [3.05, 3.63) is 9.47 Å². The molecule has 0 saturated carbocycles. The van der Waals surface area contributed by atoms with E-state index in [4.69, 9.17) is 17.3 Å². The highest BCUT2D eigenvalue weighted by Gasteiger charge is 2.34. The minimum atomic E-state index is -0.532. The van der Waals surface area contributed by atoms with Crippen molar-refractivity contribution in [2.24, 2.45) is 5.73 Å². The molecule has 2 amide bonds. The molecule has 8 heteroatoms. The zero-order chi connectivity index (χ0) is 11.7. The number of aromatic nitrogens is 2. The van der Waals surface area contributed by atoms with Crippen LogP contribution in [0, 0.1) is 0 Å². The lowest BCUT2D eigenvalue weighted by molar-refractivity contribution is -0.121. The number of carbonyl (C=O) groups is 2. The number of carbonyl (C=O) groups excluding carboxylic acids is 2. The number of amides is 2. The molecular formula is C8H9ClN4O2S. The number of halogens is 1. The SMILES string of the molecule is NC(=O)C1CCCN1C(=O)c1nnc(Cl)s1. The van der Waals surface area contributed by atoms with Crippen LogP contribution in [0.25, 0.3) is 0 Å². The predicted octanol–water partition coefficient (Wildman–Crippen LogP) is 0.281.